The molecule has 4 heteroatoms. The van der Waals surface area contributed by atoms with Gasteiger partial charge in [0.25, 0.3) is 5.91 Å². The highest BCUT2D eigenvalue weighted by Crippen LogP contribution is 2.32. The van der Waals surface area contributed by atoms with Gasteiger partial charge >= 0.3 is 0 Å². The molecule has 22 heavy (non-hydrogen) atoms. The summed E-state index contributed by atoms with van der Waals surface area (Å²) in [6.45, 7) is 2.81. The van der Waals surface area contributed by atoms with Crippen LogP contribution >= 0.6 is 0 Å². The summed E-state index contributed by atoms with van der Waals surface area (Å²) in [5, 5.41) is 11.8. The monoisotopic (exact) mass is 298 g/mol. The van der Waals surface area contributed by atoms with Crippen LogP contribution in [-0.4, -0.2) is 25.5 Å². The van der Waals surface area contributed by atoms with E-state index >= 15 is 0 Å². The minimum atomic E-state index is 0.0550. The van der Waals surface area contributed by atoms with E-state index in [-0.39, 0.29) is 5.91 Å². The van der Waals surface area contributed by atoms with Crippen molar-refractivity contribution in [1.29, 1.82) is 5.26 Å². The van der Waals surface area contributed by atoms with Crippen molar-refractivity contribution >= 4 is 11.6 Å². The number of quaternary nitrogens is 1. The third kappa shape index (κ3) is 3.66. The molecule has 1 unspecified atom stereocenters. The number of carbonyl (C=O) groups is 1. The number of carbonyl (C=O) groups excluding carboxylic acids is 1. The van der Waals surface area contributed by atoms with Crippen molar-refractivity contribution < 1.29 is 9.69 Å². The molecule has 1 amide bonds. The van der Waals surface area contributed by atoms with Crippen LogP contribution in [0, 0.1) is 23.2 Å². The van der Waals surface area contributed by atoms with Gasteiger partial charge in [-0.2, -0.15) is 5.26 Å². The molecule has 1 saturated heterocycles. The summed E-state index contributed by atoms with van der Waals surface area (Å²) in [5.74, 6) is 1.79. The highest BCUT2D eigenvalue weighted by atomic mass is 16.2. The van der Waals surface area contributed by atoms with Crippen LogP contribution in [0.15, 0.2) is 24.3 Å². The van der Waals surface area contributed by atoms with Gasteiger partial charge in [0.05, 0.1) is 24.7 Å². The van der Waals surface area contributed by atoms with Crippen LogP contribution in [0.3, 0.4) is 0 Å². The molecule has 1 heterocycles. The number of amides is 1. The summed E-state index contributed by atoms with van der Waals surface area (Å²) in [6, 6.07) is 9.20. The van der Waals surface area contributed by atoms with Gasteiger partial charge in [-0.25, -0.2) is 0 Å². The Morgan fingerprint density at radius 1 is 1.27 bits per heavy atom. The van der Waals surface area contributed by atoms with Gasteiger partial charge in [0, 0.05) is 11.6 Å². The van der Waals surface area contributed by atoms with Crippen molar-refractivity contribution in [2.75, 3.05) is 25.0 Å². The van der Waals surface area contributed by atoms with Gasteiger partial charge in [-0.05, 0) is 43.4 Å². The number of piperidine rings is 1. The van der Waals surface area contributed by atoms with E-state index < -0.39 is 0 Å². The first-order valence-corrected chi connectivity index (χ1v) is 8.38. The van der Waals surface area contributed by atoms with Crippen LogP contribution in [0.1, 0.15) is 37.7 Å². The highest BCUT2D eigenvalue weighted by molar-refractivity contribution is 5.91. The number of hydrogen-bond donors (Lipinski definition) is 2. The normalized spacial score (nSPS) is 27.5. The first-order chi connectivity index (χ1) is 10.7. The fraction of sp³-hybridized carbons (Fsp3) is 0.556. The van der Waals surface area contributed by atoms with Gasteiger partial charge in [0.15, 0.2) is 6.54 Å². The molecule has 3 atom stereocenters. The number of nitrogens with one attached hydrogen (secondary N) is 2. The second-order valence-corrected chi connectivity index (χ2v) is 6.71. The molecule has 2 fully saturated rings. The molecule has 1 saturated carbocycles. The SMILES string of the molecule is N#Cc1cccc(NC(=O)C[NH+]2CC[C@@H]3CCCC[C@@H]3C2)c1. The Morgan fingerprint density at radius 2 is 2.09 bits per heavy atom. The second kappa shape index (κ2) is 6.93. The summed E-state index contributed by atoms with van der Waals surface area (Å²) in [7, 11) is 0. The molecule has 1 aliphatic carbocycles. The van der Waals surface area contributed by atoms with Crippen LogP contribution in [0.4, 0.5) is 5.69 Å². The Kier molecular flexibility index (Phi) is 4.74. The Bertz CT molecular complexity index is 578. The number of nitrogens with zero attached hydrogens (tertiary/aromatic N) is 1. The highest BCUT2D eigenvalue weighted by Gasteiger charge is 2.34. The summed E-state index contributed by atoms with van der Waals surface area (Å²) in [4.78, 5) is 13.6. The van der Waals surface area contributed by atoms with E-state index in [0.29, 0.717) is 12.1 Å². The predicted molar refractivity (Wildman–Crippen MR) is 85.4 cm³/mol. The Hall–Kier alpha value is -1.86. The van der Waals surface area contributed by atoms with E-state index in [1.54, 1.807) is 18.2 Å². The van der Waals surface area contributed by atoms with E-state index in [9.17, 15) is 4.79 Å². The maximum absolute atomic E-state index is 12.2. The smallest absolute Gasteiger partial charge is 0.279 e. The standard InChI is InChI=1S/C18H23N3O/c19-11-14-4-3-7-17(10-14)20-18(22)13-21-9-8-15-5-1-2-6-16(15)12-21/h3-4,7,10,15-16H,1-2,5-6,8-9,12-13H2,(H,20,22)/p+1/t15-,16+/m0/s1. The average Bonchev–Trinajstić information content (AvgIpc) is 2.55. The molecular weight excluding hydrogens is 274 g/mol. The lowest BCUT2D eigenvalue weighted by Gasteiger charge is -2.38. The molecule has 1 aromatic carbocycles. The lowest BCUT2D eigenvalue weighted by molar-refractivity contribution is -0.902. The van der Waals surface area contributed by atoms with Gasteiger partial charge in [-0.3, -0.25) is 4.79 Å². The number of likely N-dealkylation sites (tertiary alicyclic amines) is 1. The lowest BCUT2D eigenvalue weighted by Crippen LogP contribution is -3.15. The van der Waals surface area contributed by atoms with Crippen molar-refractivity contribution in [3.63, 3.8) is 0 Å². The van der Waals surface area contributed by atoms with E-state index in [1.165, 1.54) is 37.0 Å². The van der Waals surface area contributed by atoms with Crippen molar-refractivity contribution in [2.45, 2.75) is 32.1 Å². The third-order valence-electron chi connectivity index (χ3n) is 5.17. The van der Waals surface area contributed by atoms with E-state index in [4.69, 9.17) is 5.26 Å². The first-order valence-electron chi connectivity index (χ1n) is 8.38. The quantitative estimate of drug-likeness (QED) is 0.890. The predicted octanol–water partition coefficient (Wildman–Crippen LogP) is 1.59. The van der Waals surface area contributed by atoms with Crippen molar-refractivity contribution in [3.05, 3.63) is 29.8 Å². The minimum absolute atomic E-state index is 0.0550. The number of fused-ring (bicyclic) bond motifs is 1. The zero-order valence-corrected chi connectivity index (χ0v) is 13.0. The topological polar surface area (TPSA) is 57.3 Å². The summed E-state index contributed by atoms with van der Waals surface area (Å²) in [6.07, 6.45) is 6.77. The number of benzene rings is 1. The van der Waals surface area contributed by atoms with Crippen molar-refractivity contribution in [1.82, 2.24) is 0 Å². The van der Waals surface area contributed by atoms with Crippen molar-refractivity contribution in [3.8, 4) is 6.07 Å². The maximum atomic E-state index is 12.2. The molecule has 1 aliphatic heterocycles. The molecule has 4 nitrogen and oxygen atoms in total. The maximum Gasteiger partial charge on any atom is 0.279 e. The fourth-order valence-corrected chi connectivity index (χ4v) is 4.05. The molecule has 0 bridgehead atoms. The number of rotatable bonds is 3. The van der Waals surface area contributed by atoms with E-state index in [2.05, 4.69) is 11.4 Å². The van der Waals surface area contributed by atoms with E-state index in [1.807, 2.05) is 6.07 Å². The molecule has 0 radical (unpaired) electrons. The molecule has 2 N–H and O–H groups in total. The number of nitriles is 1. The summed E-state index contributed by atoms with van der Waals surface area (Å²) in [5.41, 5.74) is 1.30. The van der Waals surface area contributed by atoms with Gasteiger partial charge in [0.2, 0.25) is 0 Å². The van der Waals surface area contributed by atoms with Crippen LogP contribution in [-0.2, 0) is 4.79 Å². The molecule has 0 spiro atoms. The van der Waals surface area contributed by atoms with Crippen LogP contribution in [0.2, 0.25) is 0 Å². The van der Waals surface area contributed by atoms with Crippen molar-refractivity contribution in [2.24, 2.45) is 11.8 Å². The molecule has 0 aromatic heterocycles. The first kappa shape index (κ1) is 15.1. The third-order valence-corrected chi connectivity index (χ3v) is 5.17. The molecule has 2 aliphatic rings. The lowest BCUT2D eigenvalue weighted by atomic mass is 9.75. The molecule has 3 rings (SSSR count). The minimum Gasteiger partial charge on any atom is -0.327 e. The van der Waals surface area contributed by atoms with Crippen LogP contribution in [0.5, 0.6) is 0 Å². The summed E-state index contributed by atoms with van der Waals surface area (Å²) < 4.78 is 0. The molecule has 1 aromatic rings. The van der Waals surface area contributed by atoms with Gasteiger partial charge in [0.1, 0.15) is 0 Å². The average molecular weight is 298 g/mol. The molecular formula is C18H24N3O+. The van der Waals surface area contributed by atoms with E-state index in [0.717, 1.165) is 30.6 Å². The number of anilines is 1. The zero-order chi connectivity index (χ0) is 15.4. The Labute approximate surface area is 132 Å². The number of hydrogen-bond acceptors (Lipinski definition) is 2. The van der Waals surface area contributed by atoms with Gasteiger partial charge in [-0.1, -0.05) is 18.9 Å². The van der Waals surface area contributed by atoms with Gasteiger partial charge in [-0.15, -0.1) is 0 Å². The largest absolute Gasteiger partial charge is 0.327 e. The van der Waals surface area contributed by atoms with Crippen LogP contribution < -0.4 is 10.2 Å². The Morgan fingerprint density at radius 3 is 2.91 bits per heavy atom. The zero-order valence-electron chi connectivity index (χ0n) is 13.0. The fourth-order valence-electron chi connectivity index (χ4n) is 4.05. The summed E-state index contributed by atoms with van der Waals surface area (Å²) >= 11 is 0. The molecule has 116 valence electrons. The van der Waals surface area contributed by atoms with Gasteiger partial charge < -0.3 is 10.2 Å². The van der Waals surface area contributed by atoms with Crippen LogP contribution in [0.25, 0.3) is 0 Å². The second-order valence-electron chi connectivity index (χ2n) is 6.71. The Balaban J connectivity index is 1.52.